The zero-order chi connectivity index (χ0) is 26.6. The summed E-state index contributed by atoms with van der Waals surface area (Å²) in [6, 6.07) is 6.75. The van der Waals surface area contributed by atoms with Crippen molar-refractivity contribution in [2.45, 2.75) is 13.3 Å². The molecule has 5 rings (SSSR count). The first kappa shape index (κ1) is 25.6. The fourth-order valence-electron chi connectivity index (χ4n) is 4.64. The van der Waals surface area contributed by atoms with Gasteiger partial charge in [0.15, 0.2) is 5.82 Å². The first-order chi connectivity index (χ1) is 18.4. The molecule has 1 aliphatic heterocycles. The molecule has 0 spiro atoms. The maximum Gasteiger partial charge on any atom is 0.159 e. The molecule has 0 aliphatic carbocycles. The summed E-state index contributed by atoms with van der Waals surface area (Å²) < 4.78 is 14.6. The molecule has 9 heteroatoms. The summed E-state index contributed by atoms with van der Waals surface area (Å²) in [5, 5.41) is 15.8. The van der Waals surface area contributed by atoms with Gasteiger partial charge in [0.2, 0.25) is 0 Å². The molecule has 3 aromatic heterocycles. The summed E-state index contributed by atoms with van der Waals surface area (Å²) in [5.74, 6) is 0.267. The van der Waals surface area contributed by atoms with Gasteiger partial charge in [0, 0.05) is 42.3 Å². The van der Waals surface area contributed by atoms with E-state index in [1.54, 1.807) is 6.20 Å². The number of allylic oxidation sites excluding steroid dienone is 2. The van der Waals surface area contributed by atoms with E-state index in [-0.39, 0.29) is 5.82 Å². The van der Waals surface area contributed by atoms with E-state index in [0.29, 0.717) is 45.9 Å². The van der Waals surface area contributed by atoms with Gasteiger partial charge in [0.05, 0.1) is 16.6 Å². The van der Waals surface area contributed by atoms with Crippen molar-refractivity contribution < 1.29 is 4.39 Å². The van der Waals surface area contributed by atoms with Gasteiger partial charge in [0.25, 0.3) is 0 Å². The zero-order valence-corrected chi connectivity index (χ0v) is 22.0. The van der Waals surface area contributed by atoms with Crippen LogP contribution in [0.3, 0.4) is 0 Å². The normalized spacial score (nSPS) is 14.9. The van der Waals surface area contributed by atoms with Crippen molar-refractivity contribution in [2.75, 3.05) is 45.6 Å². The predicted octanol–water partition coefficient (Wildman–Crippen LogP) is 3.18. The van der Waals surface area contributed by atoms with E-state index in [1.807, 2.05) is 33.2 Å². The van der Waals surface area contributed by atoms with Crippen LogP contribution in [0.4, 0.5) is 10.1 Å². The summed E-state index contributed by atoms with van der Waals surface area (Å²) in [7, 11) is 4.01. The van der Waals surface area contributed by atoms with Gasteiger partial charge >= 0.3 is 0 Å². The van der Waals surface area contributed by atoms with Crippen molar-refractivity contribution in [3.8, 4) is 22.8 Å². The summed E-state index contributed by atoms with van der Waals surface area (Å²) >= 11 is 0. The van der Waals surface area contributed by atoms with Gasteiger partial charge in [-0.05, 0) is 75.5 Å². The second-order valence-corrected chi connectivity index (χ2v) is 9.64. The third-order valence-electron chi connectivity index (χ3n) is 6.61. The van der Waals surface area contributed by atoms with Crippen molar-refractivity contribution in [3.63, 3.8) is 0 Å². The van der Waals surface area contributed by atoms with Crippen LogP contribution in [0.2, 0.25) is 0 Å². The standard InChI is InChI=1S/C29H33FN8/c1-5-19(20-6-9-31-10-7-20)16-24-18(2)36-37-27(24)29-34-25-8-11-33-26(28(25)35-29)21-14-22(30)17-23(15-21)32-12-13-38(3)4/h5-6,8,11,14-17,31-32,36H,2,7,9-10,12-13H2,1,3-4H3,(H,34,35)/b19-5+,24-16+. The van der Waals surface area contributed by atoms with Crippen molar-refractivity contribution in [1.82, 2.24) is 35.4 Å². The number of anilines is 1. The van der Waals surface area contributed by atoms with Gasteiger partial charge in [-0.3, -0.25) is 10.1 Å². The summed E-state index contributed by atoms with van der Waals surface area (Å²) in [6.45, 7) is 9.56. The van der Waals surface area contributed by atoms with Crippen molar-refractivity contribution in [3.05, 3.63) is 70.1 Å². The third-order valence-corrected chi connectivity index (χ3v) is 6.61. The molecule has 0 saturated carbocycles. The number of hydrogen-bond donors (Lipinski definition) is 4. The second kappa shape index (κ2) is 11.1. The fourth-order valence-corrected chi connectivity index (χ4v) is 4.64. The topological polar surface area (TPSA) is 97.6 Å². The lowest BCUT2D eigenvalue weighted by atomic mass is 9.99. The van der Waals surface area contributed by atoms with Crippen LogP contribution in [0.25, 0.3) is 46.5 Å². The lowest BCUT2D eigenvalue weighted by Crippen LogP contribution is -2.24. The largest absolute Gasteiger partial charge is 0.384 e. The fraction of sp³-hybridized carbons (Fsp3) is 0.276. The van der Waals surface area contributed by atoms with E-state index in [2.05, 4.69) is 60.5 Å². The number of aromatic amines is 2. The molecule has 38 heavy (non-hydrogen) atoms. The van der Waals surface area contributed by atoms with E-state index in [4.69, 9.17) is 4.98 Å². The number of fused-ring (bicyclic) bond motifs is 1. The number of hydrogen-bond acceptors (Lipinski definition) is 6. The predicted molar refractivity (Wildman–Crippen MR) is 152 cm³/mol. The van der Waals surface area contributed by atoms with Crippen molar-refractivity contribution >= 4 is 29.4 Å². The minimum absolute atomic E-state index is 0.332. The summed E-state index contributed by atoms with van der Waals surface area (Å²) in [4.78, 5) is 14.9. The third kappa shape index (κ3) is 5.44. The lowest BCUT2D eigenvalue weighted by Gasteiger charge is -2.14. The quantitative estimate of drug-likeness (QED) is 0.290. The Bertz CT molecular complexity index is 1630. The smallest absolute Gasteiger partial charge is 0.159 e. The molecule has 4 aromatic rings. The molecule has 0 amide bonds. The van der Waals surface area contributed by atoms with Crippen molar-refractivity contribution in [2.24, 2.45) is 0 Å². The maximum absolute atomic E-state index is 14.6. The molecule has 8 nitrogen and oxygen atoms in total. The highest BCUT2D eigenvalue weighted by Gasteiger charge is 2.16. The number of benzene rings is 1. The van der Waals surface area contributed by atoms with Crippen LogP contribution in [0, 0.1) is 5.82 Å². The van der Waals surface area contributed by atoms with Gasteiger partial charge in [0.1, 0.15) is 17.0 Å². The number of aromatic nitrogens is 5. The van der Waals surface area contributed by atoms with E-state index < -0.39 is 0 Å². The molecule has 0 saturated heterocycles. The lowest BCUT2D eigenvalue weighted by molar-refractivity contribution is 0.425. The van der Waals surface area contributed by atoms with Gasteiger partial charge in [-0.15, -0.1) is 0 Å². The Hall–Kier alpha value is -4.08. The Morgan fingerprint density at radius 1 is 1.24 bits per heavy atom. The Labute approximate surface area is 221 Å². The molecular weight excluding hydrogens is 479 g/mol. The van der Waals surface area contributed by atoms with E-state index in [0.717, 1.165) is 42.4 Å². The minimum atomic E-state index is -0.332. The number of nitrogens with zero attached hydrogens (tertiary/aromatic N) is 4. The average molecular weight is 513 g/mol. The zero-order valence-electron chi connectivity index (χ0n) is 22.0. The van der Waals surface area contributed by atoms with Gasteiger partial charge in [-0.1, -0.05) is 18.7 Å². The maximum atomic E-state index is 14.6. The Morgan fingerprint density at radius 2 is 2.11 bits per heavy atom. The highest BCUT2D eigenvalue weighted by Crippen LogP contribution is 2.29. The number of rotatable bonds is 8. The molecular formula is C29H33FN8. The number of H-pyrrole nitrogens is 2. The van der Waals surface area contributed by atoms with Crippen LogP contribution < -0.4 is 21.2 Å². The molecule has 1 aliphatic rings. The molecule has 0 bridgehead atoms. The Morgan fingerprint density at radius 3 is 2.87 bits per heavy atom. The van der Waals surface area contributed by atoms with Crippen LogP contribution in [0.5, 0.6) is 0 Å². The van der Waals surface area contributed by atoms with Crippen LogP contribution >= 0.6 is 0 Å². The van der Waals surface area contributed by atoms with Crippen molar-refractivity contribution in [1.29, 1.82) is 0 Å². The number of halogens is 1. The Balaban J connectivity index is 1.55. The first-order valence-corrected chi connectivity index (χ1v) is 12.8. The molecule has 1 aromatic carbocycles. The SMILES string of the molecule is C=c1[nH]nc(-c2nc3c(-c4cc(F)cc(NCCN(C)C)c4)nccc3[nH]2)/c1=C/C(=C\C)C1=CCNCC1. The van der Waals surface area contributed by atoms with Crippen LogP contribution in [0.15, 0.2) is 53.8 Å². The second-order valence-electron chi connectivity index (χ2n) is 9.64. The Kier molecular flexibility index (Phi) is 7.48. The molecule has 4 heterocycles. The number of imidazole rings is 1. The van der Waals surface area contributed by atoms with Crippen LogP contribution in [-0.4, -0.2) is 70.3 Å². The molecule has 196 valence electrons. The van der Waals surface area contributed by atoms with Gasteiger partial charge in [-0.2, -0.15) is 5.10 Å². The number of nitrogens with one attached hydrogen (secondary N) is 4. The van der Waals surface area contributed by atoms with E-state index >= 15 is 0 Å². The summed E-state index contributed by atoms with van der Waals surface area (Å²) in [6.07, 6.45) is 9.12. The average Bonchev–Trinajstić information content (AvgIpc) is 3.50. The molecule has 0 radical (unpaired) electrons. The minimum Gasteiger partial charge on any atom is -0.384 e. The van der Waals surface area contributed by atoms with Crippen LogP contribution in [-0.2, 0) is 0 Å². The molecule has 0 atom stereocenters. The molecule has 0 unspecified atom stereocenters. The van der Waals surface area contributed by atoms with E-state index in [1.165, 1.54) is 17.7 Å². The van der Waals surface area contributed by atoms with Crippen LogP contribution in [0.1, 0.15) is 13.3 Å². The van der Waals surface area contributed by atoms with Gasteiger partial charge in [-0.25, -0.2) is 9.37 Å². The summed E-state index contributed by atoms with van der Waals surface area (Å²) in [5.41, 5.74) is 6.53. The molecule has 4 N–H and O–H groups in total. The van der Waals surface area contributed by atoms with Gasteiger partial charge < -0.3 is 20.5 Å². The van der Waals surface area contributed by atoms with E-state index in [9.17, 15) is 4.39 Å². The number of pyridine rings is 1. The highest BCUT2D eigenvalue weighted by atomic mass is 19.1. The highest BCUT2D eigenvalue weighted by molar-refractivity contribution is 5.91. The monoisotopic (exact) mass is 512 g/mol. The number of likely N-dealkylation sites (N-methyl/N-ethyl adjacent to an activating group) is 1. The molecule has 0 fully saturated rings. The first-order valence-electron chi connectivity index (χ1n) is 12.8.